The van der Waals surface area contributed by atoms with Crippen LogP contribution < -0.4 is 10.5 Å². The van der Waals surface area contributed by atoms with Gasteiger partial charge in [-0.05, 0) is 76.0 Å². The van der Waals surface area contributed by atoms with Crippen molar-refractivity contribution in [3.8, 4) is 22.6 Å². The van der Waals surface area contributed by atoms with Crippen LogP contribution in [0.2, 0.25) is 0 Å². The normalized spacial score (nSPS) is 22.6. The van der Waals surface area contributed by atoms with Gasteiger partial charge in [-0.3, -0.25) is 4.90 Å². The molecule has 1 saturated heterocycles. The summed E-state index contributed by atoms with van der Waals surface area (Å²) in [6, 6.07) is 19.9. The standard InChI is InChI=1S/C30H36N6O/c1-34(2)24-16-17-35(18-24)22-10-12-23(13-11-22)36-19-27(28-29(31)32-20-33-30(28)36)21-8-14-26(15-9-21)37-25-6-4-3-5-7-25/h3-9,14-15,19-20,22-24H,10-13,16-18H2,1-2H3,(H2,31,32,33)/t22-,23+,24-/m1/s1. The van der Waals surface area contributed by atoms with Crippen LogP contribution in [0.5, 0.6) is 11.5 Å². The average Bonchev–Trinajstić information content (AvgIpc) is 3.57. The summed E-state index contributed by atoms with van der Waals surface area (Å²) in [7, 11) is 4.41. The summed E-state index contributed by atoms with van der Waals surface area (Å²) in [4.78, 5) is 14.1. The van der Waals surface area contributed by atoms with Crippen molar-refractivity contribution >= 4 is 16.9 Å². The van der Waals surface area contributed by atoms with Gasteiger partial charge in [0, 0.05) is 43.0 Å². The maximum Gasteiger partial charge on any atom is 0.146 e. The first kappa shape index (κ1) is 23.9. The van der Waals surface area contributed by atoms with Crippen molar-refractivity contribution in [1.82, 2.24) is 24.3 Å². The third-order valence-electron chi connectivity index (χ3n) is 8.28. The predicted octanol–water partition coefficient (Wildman–Crippen LogP) is 5.59. The summed E-state index contributed by atoms with van der Waals surface area (Å²) < 4.78 is 8.35. The molecule has 192 valence electrons. The van der Waals surface area contributed by atoms with Gasteiger partial charge < -0.3 is 19.9 Å². The highest BCUT2D eigenvalue weighted by molar-refractivity contribution is 6.00. The SMILES string of the molecule is CN(C)[C@@H]1CCN([C@H]2CC[C@@H](n3cc(-c4ccc(Oc5ccccc5)cc4)c4c(N)ncnc43)CC2)C1. The van der Waals surface area contributed by atoms with Crippen molar-refractivity contribution in [2.75, 3.05) is 32.9 Å². The molecule has 7 heteroatoms. The van der Waals surface area contributed by atoms with Crippen LogP contribution in [0.15, 0.2) is 67.1 Å². The largest absolute Gasteiger partial charge is 0.457 e. The lowest BCUT2D eigenvalue weighted by Crippen LogP contribution is -2.39. The highest BCUT2D eigenvalue weighted by Crippen LogP contribution is 2.39. The molecule has 0 unspecified atom stereocenters. The molecule has 6 rings (SSSR count). The summed E-state index contributed by atoms with van der Waals surface area (Å²) in [5.74, 6) is 2.16. The molecule has 1 aliphatic carbocycles. The first-order valence-corrected chi connectivity index (χ1v) is 13.4. The number of rotatable bonds is 6. The van der Waals surface area contributed by atoms with E-state index in [1.165, 1.54) is 32.4 Å². The number of anilines is 1. The summed E-state index contributed by atoms with van der Waals surface area (Å²) in [6.07, 6.45) is 9.88. The van der Waals surface area contributed by atoms with Gasteiger partial charge in [-0.25, -0.2) is 9.97 Å². The molecule has 2 fully saturated rings. The number of fused-ring (bicyclic) bond motifs is 1. The van der Waals surface area contributed by atoms with Crippen molar-refractivity contribution in [3.05, 3.63) is 67.1 Å². The van der Waals surface area contributed by atoms with E-state index in [1.807, 2.05) is 42.5 Å². The second kappa shape index (κ2) is 10.1. The van der Waals surface area contributed by atoms with Crippen molar-refractivity contribution in [2.45, 2.75) is 50.2 Å². The topological polar surface area (TPSA) is 72.4 Å². The number of likely N-dealkylation sites (N-methyl/N-ethyl adjacent to an activating group) is 1. The fourth-order valence-corrected chi connectivity index (χ4v) is 6.16. The summed E-state index contributed by atoms with van der Waals surface area (Å²) in [5, 5.41) is 0.940. The van der Waals surface area contributed by atoms with Gasteiger partial charge in [0.2, 0.25) is 0 Å². The molecule has 7 nitrogen and oxygen atoms in total. The lowest BCUT2D eigenvalue weighted by atomic mass is 9.90. The van der Waals surface area contributed by atoms with E-state index in [0.717, 1.165) is 46.5 Å². The fraction of sp³-hybridized carbons (Fsp3) is 0.400. The Morgan fingerprint density at radius 2 is 1.57 bits per heavy atom. The van der Waals surface area contributed by atoms with Gasteiger partial charge in [0.05, 0.1) is 5.39 Å². The predicted molar refractivity (Wildman–Crippen MR) is 149 cm³/mol. The number of nitrogens with two attached hydrogens (primary N) is 1. The molecule has 1 atom stereocenters. The Bertz CT molecular complexity index is 1340. The first-order chi connectivity index (χ1) is 18.1. The van der Waals surface area contributed by atoms with Crippen LogP contribution >= 0.6 is 0 Å². The van der Waals surface area contributed by atoms with Crippen LogP contribution in [0, 0.1) is 0 Å². The van der Waals surface area contributed by atoms with E-state index >= 15 is 0 Å². The Hall–Kier alpha value is -3.42. The van der Waals surface area contributed by atoms with Crippen LogP contribution in [-0.4, -0.2) is 63.6 Å². The number of para-hydroxylation sites is 1. The number of benzene rings is 2. The minimum Gasteiger partial charge on any atom is -0.457 e. The second-order valence-corrected chi connectivity index (χ2v) is 10.7. The molecule has 2 aromatic heterocycles. The maximum atomic E-state index is 6.41. The quantitative estimate of drug-likeness (QED) is 0.375. The van der Waals surface area contributed by atoms with Gasteiger partial charge in [0.1, 0.15) is 29.3 Å². The van der Waals surface area contributed by atoms with E-state index in [9.17, 15) is 0 Å². The van der Waals surface area contributed by atoms with Crippen LogP contribution in [0.25, 0.3) is 22.2 Å². The molecule has 1 aliphatic heterocycles. The molecule has 0 radical (unpaired) electrons. The summed E-state index contributed by atoms with van der Waals surface area (Å²) in [6.45, 7) is 2.43. The molecule has 3 heterocycles. The van der Waals surface area contributed by atoms with Crippen molar-refractivity contribution in [1.29, 1.82) is 0 Å². The Morgan fingerprint density at radius 1 is 0.865 bits per heavy atom. The number of ether oxygens (including phenoxy) is 1. The third kappa shape index (κ3) is 4.81. The zero-order chi connectivity index (χ0) is 25.4. The van der Waals surface area contributed by atoms with Gasteiger partial charge in [-0.2, -0.15) is 0 Å². The number of hydrogen-bond acceptors (Lipinski definition) is 6. The third-order valence-corrected chi connectivity index (χ3v) is 8.28. The molecule has 2 N–H and O–H groups in total. The van der Waals surface area contributed by atoms with Crippen LogP contribution in [0.3, 0.4) is 0 Å². The van der Waals surface area contributed by atoms with E-state index in [2.05, 4.69) is 51.8 Å². The first-order valence-electron chi connectivity index (χ1n) is 13.4. The molecule has 0 bridgehead atoms. The summed E-state index contributed by atoms with van der Waals surface area (Å²) >= 11 is 0. The summed E-state index contributed by atoms with van der Waals surface area (Å²) in [5.41, 5.74) is 9.51. The van der Waals surface area contributed by atoms with E-state index in [1.54, 1.807) is 6.33 Å². The lowest BCUT2D eigenvalue weighted by molar-refractivity contribution is 0.156. The van der Waals surface area contributed by atoms with Crippen LogP contribution in [-0.2, 0) is 0 Å². The van der Waals surface area contributed by atoms with E-state index in [0.29, 0.717) is 23.9 Å². The molecule has 2 aliphatic rings. The number of nitrogens with zero attached hydrogens (tertiary/aromatic N) is 5. The molecule has 37 heavy (non-hydrogen) atoms. The highest BCUT2D eigenvalue weighted by Gasteiger charge is 2.33. The molecule has 4 aromatic rings. The van der Waals surface area contributed by atoms with Gasteiger partial charge in [0.25, 0.3) is 0 Å². The number of aromatic nitrogens is 3. The van der Waals surface area contributed by atoms with E-state index in [-0.39, 0.29) is 0 Å². The lowest BCUT2D eigenvalue weighted by Gasteiger charge is -2.35. The van der Waals surface area contributed by atoms with Gasteiger partial charge in [-0.15, -0.1) is 0 Å². The molecule has 0 amide bonds. The number of hydrogen-bond donors (Lipinski definition) is 1. The van der Waals surface area contributed by atoms with Crippen molar-refractivity contribution in [3.63, 3.8) is 0 Å². The molecular formula is C30H36N6O. The Balaban J connectivity index is 1.22. The van der Waals surface area contributed by atoms with Gasteiger partial charge in [-0.1, -0.05) is 30.3 Å². The molecule has 0 spiro atoms. The zero-order valence-electron chi connectivity index (χ0n) is 21.8. The second-order valence-electron chi connectivity index (χ2n) is 10.7. The van der Waals surface area contributed by atoms with Crippen LogP contribution in [0.4, 0.5) is 5.82 Å². The maximum absolute atomic E-state index is 6.41. The van der Waals surface area contributed by atoms with Crippen molar-refractivity contribution < 1.29 is 4.74 Å². The minimum atomic E-state index is 0.426. The number of likely N-dealkylation sites (tertiary alicyclic amines) is 1. The fourth-order valence-electron chi connectivity index (χ4n) is 6.16. The highest BCUT2D eigenvalue weighted by atomic mass is 16.5. The molecule has 2 aromatic carbocycles. The Labute approximate surface area is 218 Å². The van der Waals surface area contributed by atoms with Crippen LogP contribution in [0.1, 0.15) is 38.1 Å². The zero-order valence-corrected chi connectivity index (χ0v) is 21.8. The molecule has 1 saturated carbocycles. The van der Waals surface area contributed by atoms with Gasteiger partial charge >= 0.3 is 0 Å². The monoisotopic (exact) mass is 496 g/mol. The molecular weight excluding hydrogens is 460 g/mol. The number of nitrogen functional groups attached to an aromatic ring is 1. The van der Waals surface area contributed by atoms with E-state index < -0.39 is 0 Å². The minimum absolute atomic E-state index is 0.426. The Kier molecular flexibility index (Phi) is 6.57. The smallest absolute Gasteiger partial charge is 0.146 e. The van der Waals surface area contributed by atoms with Crippen molar-refractivity contribution in [2.24, 2.45) is 0 Å². The van der Waals surface area contributed by atoms with Gasteiger partial charge in [0.15, 0.2) is 0 Å². The average molecular weight is 497 g/mol. The Morgan fingerprint density at radius 3 is 2.27 bits per heavy atom. The van der Waals surface area contributed by atoms with E-state index in [4.69, 9.17) is 15.5 Å².